The Labute approximate surface area is 153 Å². The molecule has 140 valence electrons. The molecule has 1 aliphatic carbocycles. The number of likely N-dealkylation sites (tertiary alicyclic amines) is 1. The van der Waals surface area contributed by atoms with E-state index in [-0.39, 0.29) is 29.7 Å². The van der Waals surface area contributed by atoms with E-state index in [2.05, 4.69) is 10.6 Å². The number of nitrogens with zero attached hydrogens (tertiary/aromatic N) is 1. The van der Waals surface area contributed by atoms with Gasteiger partial charge in [-0.2, -0.15) is 0 Å². The van der Waals surface area contributed by atoms with Crippen LogP contribution >= 0.6 is 0 Å². The topological polar surface area (TPSA) is 105 Å². The summed E-state index contributed by atoms with van der Waals surface area (Å²) in [7, 11) is 1.55. The second kappa shape index (κ2) is 7.86. The second-order valence-electron chi connectivity index (χ2n) is 7.13. The first-order valence-electron chi connectivity index (χ1n) is 9.18. The van der Waals surface area contributed by atoms with Crippen LogP contribution in [-0.4, -0.2) is 48.3 Å². The largest absolute Gasteiger partial charge is 0.357 e. The summed E-state index contributed by atoms with van der Waals surface area (Å²) >= 11 is 0. The Hall–Kier alpha value is -2.41. The number of anilines is 1. The average Bonchev–Trinajstić information content (AvgIpc) is 3.30. The van der Waals surface area contributed by atoms with Crippen LogP contribution in [0.2, 0.25) is 0 Å². The van der Waals surface area contributed by atoms with Crippen molar-refractivity contribution in [3.05, 3.63) is 29.8 Å². The first kappa shape index (κ1) is 18.4. The van der Waals surface area contributed by atoms with E-state index in [9.17, 15) is 14.4 Å². The van der Waals surface area contributed by atoms with Crippen molar-refractivity contribution in [1.82, 2.24) is 10.2 Å². The first-order chi connectivity index (χ1) is 12.5. The second-order valence-corrected chi connectivity index (χ2v) is 7.13. The standard InChI is InChI=1S/C19H26N4O3/c1-21-18(25)16-10-14(20)11-23(16)19(26)13-7-4-8-15(9-13)22-17(24)12-5-2-3-6-12/h4,7-9,12,14,16H,2-3,5-6,10-11,20H2,1H3,(H,21,25)(H,22,24)/t14-,16-/m0/s1. The van der Waals surface area contributed by atoms with Crippen LogP contribution in [0.3, 0.4) is 0 Å². The van der Waals surface area contributed by atoms with Crippen molar-refractivity contribution in [2.45, 2.75) is 44.2 Å². The van der Waals surface area contributed by atoms with E-state index in [1.54, 1.807) is 31.3 Å². The molecule has 1 saturated heterocycles. The summed E-state index contributed by atoms with van der Waals surface area (Å²) in [6, 6.07) is 6.10. The molecule has 0 unspecified atom stereocenters. The van der Waals surface area contributed by atoms with Crippen molar-refractivity contribution in [3.63, 3.8) is 0 Å². The van der Waals surface area contributed by atoms with Crippen LogP contribution in [0.25, 0.3) is 0 Å². The van der Waals surface area contributed by atoms with Gasteiger partial charge in [0, 0.05) is 36.8 Å². The zero-order valence-electron chi connectivity index (χ0n) is 15.0. The van der Waals surface area contributed by atoms with Crippen LogP contribution in [0, 0.1) is 5.92 Å². The van der Waals surface area contributed by atoms with E-state index in [0.29, 0.717) is 24.2 Å². The quantitative estimate of drug-likeness (QED) is 0.750. The molecule has 2 fully saturated rings. The molecule has 7 nitrogen and oxygen atoms in total. The fourth-order valence-electron chi connectivity index (χ4n) is 3.84. The predicted octanol–water partition coefficient (Wildman–Crippen LogP) is 1.10. The van der Waals surface area contributed by atoms with Crippen molar-refractivity contribution in [2.24, 2.45) is 11.7 Å². The van der Waals surface area contributed by atoms with E-state index in [4.69, 9.17) is 5.73 Å². The first-order valence-corrected chi connectivity index (χ1v) is 9.18. The fraction of sp³-hybridized carbons (Fsp3) is 0.526. The number of rotatable bonds is 4. The normalized spacial score (nSPS) is 23.1. The Morgan fingerprint density at radius 2 is 1.88 bits per heavy atom. The Morgan fingerprint density at radius 3 is 2.58 bits per heavy atom. The maximum absolute atomic E-state index is 12.9. The van der Waals surface area contributed by atoms with Crippen LogP contribution in [0.1, 0.15) is 42.5 Å². The number of carbonyl (C=O) groups is 3. The number of hydrogen-bond donors (Lipinski definition) is 3. The van der Waals surface area contributed by atoms with E-state index in [1.807, 2.05) is 0 Å². The lowest BCUT2D eigenvalue weighted by molar-refractivity contribution is -0.124. The van der Waals surface area contributed by atoms with Crippen molar-refractivity contribution in [3.8, 4) is 0 Å². The number of benzene rings is 1. The van der Waals surface area contributed by atoms with Gasteiger partial charge in [-0.15, -0.1) is 0 Å². The Kier molecular flexibility index (Phi) is 5.56. The highest BCUT2D eigenvalue weighted by atomic mass is 16.2. The molecule has 0 bridgehead atoms. The van der Waals surface area contributed by atoms with Gasteiger partial charge in [-0.3, -0.25) is 14.4 Å². The molecule has 0 spiro atoms. The molecule has 2 aliphatic rings. The predicted molar refractivity (Wildman–Crippen MR) is 98.5 cm³/mol. The van der Waals surface area contributed by atoms with Crippen LogP contribution in [0.15, 0.2) is 24.3 Å². The number of nitrogens with two attached hydrogens (primary N) is 1. The van der Waals surface area contributed by atoms with E-state index in [1.165, 1.54) is 4.90 Å². The molecule has 4 N–H and O–H groups in total. The van der Waals surface area contributed by atoms with E-state index >= 15 is 0 Å². The smallest absolute Gasteiger partial charge is 0.254 e. The van der Waals surface area contributed by atoms with Gasteiger partial charge in [0.15, 0.2) is 0 Å². The van der Waals surface area contributed by atoms with E-state index < -0.39 is 6.04 Å². The minimum Gasteiger partial charge on any atom is -0.357 e. The monoisotopic (exact) mass is 358 g/mol. The summed E-state index contributed by atoms with van der Waals surface area (Å²) in [6.45, 7) is 0.343. The van der Waals surface area contributed by atoms with Crippen molar-refractivity contribution >= 4 is 23.4 Å². The average molecular weight is 358 g/mol. The van der Waals surface area contributed by atoms with Gasteiger partial charge in [0.25, 0.3) is 5.91 Å². The third-order valence-corrected chi connectivity index (χ3v) is 5.25. The molecule has 0 aromatic heterocycles. The molecule has 2 atom stereocenters. The summed E-state index contributed by atoms with van der Waals surface area (Å²) in [5.74, 6) is -0.386. The fourth-order valence-corrected chi connectivity index (χ4v) is 3.84. The highest BCUT2D eigenvalue weighted by Crippen LogP contribution is 2.26. The van der Waals surface area contributed by atoms with Crippen LogP contribution in [0.4, 0.5) is 5.69 Å². The zero-order chi connectivity index (χ0) is 18.7. The maximum atomic E-state index is 12.9. The van der Waals surface area contributed by atoms with Gasteiger partial charge in [0.2, 0.25) is 11.8 Å². The van der Waals surface area contributed by atoms with Crippen molar-refractivity contribution in [2.75, 3.05) is 18.9 Å². The SMILES string of the molecule is CNC(=O)[C@@H]1C[C@H](N)CN1C(=O)c1cccc(NC(=O)C2CCCC2)c1. The molecule has 3 amide bonds. The lowest BCUT2D eigenvalue weighted by atomic mass is 10.1. The summed E-state index contributed by atoms with van der Waals surface area (Å²) in [6.07, 6.45) is 4.47. The van der Waals surface area contributed by atoms with Gasteiger partial charge in [-0.25, -0.2) is 0 Å². The molecule has 1 aliphatic heterocycles. The van der Waals surface area contributed by atoms with Gasteiger partial charge in [0.05, 0.1) is 0 Å². The number of nitrogens with one attached hydrogen (secondary N) is 2. The number of amides is 3. The molecular weight excluding hydrogens is 332 g/mol. The maximum Gasteiger partial charge on any atom is 0.254 e. The number of likely N-dealkylation sites (N-methyl/N-ethyl adjacent to an activating group) is 1. The van der Waals surface area contributed by atoms with Gasteiger partial charge < -0.3 is 21.3 Å². The molecule has 7 heteroatoms. The van der Waals surface area contributed by atoms with E-state index in [0.717, 1.165) is 25.7 Å². The number of hydrogen-bond acceptors (Lipinski definition) is 4. The minimum absolute atomic E-state index is 0.0125. The highest BCUT2D eigenvalue weighted by Gasteiger charge is 2.38. The molecule has 0 radical (unpaired) electrons. The Morgan fingerprint density at radius 1 is 1.15 bits per heavy atom. The van der Waals surface area contributed by atoms with Crippen LogP contribution in [-0.2, 0) is 9.59 Å². The Bertz CT molecular complexity index is 700. The summed E-state index contributed by atoms with van der Waals surface area (Å²) < 4.78 is 0. The molecule has 1 heterocycles. The summed E-state index contributed by atoms with van der Waals surface area (Å²) in [4.78, 5) is 38.8. The highest BCUT2D eigenvalue weighted by molar-refractivity contribution is 6.00. The van der Waals surface area contributed by atoms with Crippen LogP contribution < -0.4 is 16.4 Å². The van der Waals surface area contributed by atoms with Gasteiger partial charge >= 0.3 is 0 Å². The van der Waals surface area contributed by atoms with Crippen molar-refractivity contribution < 1.29 is 14.4 Å². The van der Waals surface area contributed by atoms with Gasteiger partial charge in [0.1, 0.15) is 6.04 Å². The molecule has 1 saturated carbocycles. The number of carbonyl (C=O) groups excluding carboxylic acids is 3. The third-order valence-electron chi connectivity index (χ3n) is 5.25. The van der Waals surface area contributed by atoms with Crippen LogP contribution in [0.5, 0.6) is 0 Å². The van der Waals surface area contributed by atoms with Crippen molar-refractivity contribution in [1.29, 1.82) is 0 Å². The molecular formula is C19H26N4O3. The van der Waals surface area contributed by atoms with Gasteiger partial charge in [-0.05, 0) is 37.5 Å². The minimum atomic E-state index is -0.556. The molecule has 3 rings (SSSR count). The zero-order valence-corrected chi connectivity index (χ0v) is 15.0. The third kappa shape index (κ3) is 3.88. The Balaban J connectivity index is 1.73. The molecule has 1 aromatic rings. The van der Waals surface area contributed by atoms with Gasteiger partial charge in [-0.1, -0.05) is 18.9 Å². The molecule has 1 aromatic carbocycles. The summed E-state index contributed by atoms with van der Waals surface area (Å²) in [5, 5.41) is 5.50. The lowest BCUT2D eigenvalue weighted by Crippen LogP contribution is -2.45. The molecule has 26 heavy (non-hydrogen) atoms. The summed E-state index contributed by atoms with van der Waals surface area (Å²) in [5.41, 5.74) is 7.00. The lowest BCUT2D eigenvalue weighted by Gasteiger charge is -2.23.